The molecule has 0 spiro atoms. The molecule has 0 rings (SSSR count). The van der Waals surface area contributed by atoms with Gasteiger partial charge in [-0.25, -0.2) is 4.57 Å². The lowest BCUT2D eigenvalue weighted by Crippen LogP contribution is -2.28. The van der Waals surface area contributed by atoms with Crippen LogP contribution in [-0.4, -0.2) is 65.7 Å². The van der Waals surface area contributed by atoms with E-state index in [4.69, 9.17) is 18.5 Å². The van der Waals surface area contributed by atoms with E-state index in [9.17, 15) is 29.3 Å². The van der Waals surface area contributed by atoms with E-state index in [0.717, 1.165) is 57.8 Å². The van der Waals surface area contributed by atoms with Crippen molar-refractivity contribution in [3.63, 3.8) is 0 Å². The Labute approximate surface area is 315 Å². The fourth-order valence-corrected chi connectivity index (χ4v) is 6.01. The molecule has 0 aliphatic heterocycles. The van der Waals surface area contributed by atoms with E-state index in [0.29, 0.717) is 12.8 Å². The summed E-state index contributed by atoms with van der Waals surface area (Å²) in [5.74, 6) is -1.06. The molecule has 0 aliphatic carbocycles. The third-order valence-corrected chi connectivity index (χ3v) is 9.26. The van der Waals surface area contributed by atoms with Crippen LogP contribution in [0.5, 0.6) is 0 Å². The number of aliphatic hydroxyl groups excluding tert-OH is 2. The van der Waals surface area contributed by atoms with Gasteiger partial charge in [-0.1, -0.05) is 146 Å². The zero-order valence-corrected chi connectivity index (χ0v) is 33.4. The SMILES string of the molecule is CC/C=C\C/C=C\C/C=C\C/C=C\CCCCC(=O)OC(CO)COP(=O)(O)OCC(CO)OC(=O)CCCCCCCCCCCCCCCC. The van der Waals surface area contributed by atoms with Gasteiger partial charge in [0, 0.05) is 12.8 Å². The second-order valence-electron chi connectivity index (χ2n) is 13.2. The number of hydrogen-bond acceptors (Lipinski definition) is 9. The van der Waals surface area contributed by atoms with E-state index in [1.54, 1.807) is 0 Å². The van der Waals surface area contributed by atoms with E-state index in [1.807, 2.05) is 0 Å². The number of phosphoric ester groups is 1. The lowest BCUT2D eigenvalue weighted by molar-refractivity contribution is -0.153. The molecule has 10 nitrogen and oxygen atoms in total. The average Bonchev–Trinajstić information content (AvgIpc) is 3.13. The summed E-state index contributed by atoms with van der Waals surface area (Å²) in [7, 11) is -4.64. The van der Waals surface area contributed by atoms with Crippen LogP contribution >= 0.6 is 7.82 Å². The number of rotatable bonds is 37. The number of ether oxygens (including phenoxy) is 2. The molecule has 0 fully saturated rings. The van der Waals surface area contributed by atoms with Crippen LogP contribution in [0, 0.1) is 0 Å². The van der Waals surface area contributed by atoms with Crippen LogP contribution in [0.25, 0.3) is 0 Å². The summed E-state index contributed by atoms with van der Waals surface area (Å²) < 4.78 is 32.4. The fourth-order valence-electron chi connectivity index (χ4n) is 5.22. The van der Waals surface area contributed by atoms with Gasteiger partial charge in [-0.2, -0.15) is 0 Å². The van der Waals surface area contributed by atoms with Crippen molar-refractivity contribution in [2.75, 3.05) is 26.4 Å². The number of hydrogen-bond donors (Lipinski definition) is 3. The maximum absolute atomic E-state index is 12.3. The van der Waals surface area contributed by atoms with Crippen molar-refractivity contribution in [1.29, 1.82) is 0 Å². The second kappa shape index (κ2) is 37.3. The number of esters is 2. The Bertz CT molecular complexity index is 1010. The monoisotopic (exact) mass is 756 g/mol. The zero-order chi connectivity index (χ0) is 38.4. The summed E-state index contributed by atoms with van der Waals surface area (Å²) in [6, 6.07) is 0. The molecule has 3 N–H and O–H groups in total. The second-order valence-corrected chi connectivity index (χ2v) is 14.7. The lowest BCUT2D eigenvalue weighted by atomic mass is 10.0. The topological polar surface area (TPSA) is 149 Å². The molecular weight excluding hydrogens is 683 g/mol. The molecule has 0 radical (unpaired) electrons. The molecule has 52 heavy (non-hydrogen) atoms. The normalized spacial score (nSPS) is 14.5. The third-order valence-electron chi connectivity index (χ3n) is 8.31. The predicted octanol–water partition coefficient (Wildman–Crippen LogP) is 10.2. The minimum atomic E-state index is -4.64. The Morgan fingerprint density at radius 3 is 1.31 bits per heavy atom. The van der Waals surface area contributed by atoms with Gasteiger partial charge in [0.15, 0.2) is 0 Å². The summed E-state index contributed by atoms with van der Waals surface area (Å²) in [6.07, 6.45) is 38.0. The van der Waals surface area contributed by atoms with Crippen LogP contribution in [0.2, 0.25) is 0 Å². The van der Waals surface area contributed by atoms with Crippen molar-refractivity contribution < 1.29 is 47.8 Å². The van der Waals surface area contributed by atoms with Gasteiger partial charge in [-0.15, -0.1) is 0 Å². The standard InChI is InChI=1S/C41H73O10P/c1-3-5-7-9-11-13-15-17-19-21-23-25-27-29-31-33-41(45)51-39(35-43)37-49-52(46,47)48-36-38(34-42)50-40(44)32-30-28-26-24-22-20-18-16-14-12-10-8-6-4-2/h5,7,11,13,17,19,23,25,38-39,42-43H,3-4,6,8-10,12,14-16,18,20-22,24,26-37H2,1-2H3,(H,46,47)/b7-5-,13-11-,19-17-,25-23-. The quantitative estimate of drug-likeness (QED) is 0.0242. The van der Waals surface area contributed by atoms with E-state index < -0.39 is 58.4 Å². The van der Waals surface area contributed by atoms with Crippen LogP contribution in [-0.2, 0) is 32.7 Å². The van der Waals surface area contributed by atoms with Crippen LogP contribution in [0.1, 0.15) is 162 Å². The first-order chi connectivity index (χ1) is 25.3. The van der Waals surface area contributed by atoms with E-state index >= 15 is 0 Å². The number of carbonyl (C=O) groups excluding carboxylic acids is 2. The molecule has 11 heteroatoms. The zero-order valence-electron chi connectivity index (χ0n) is 32.5. The predicted molar refractivity (Wildman–Crippen MR) is 210 cm³/mol. The number of carbonyl (C=O) groups is 2. The molecule has 302 valence electrons. The highest BCUT2D eigenvalue weighted by Crippen LogP contribution is 2.43. The first-order valence-electron chi connectivity index (χ1n) is 20.1. The number of phosphoric acid groups is 1. The maximum Gasteiger partial charge on any atom is 0.472 e. The van der Waals surface area contributed by atoms with Crippen molar-refractivity contribution >= 4 is 19.8 Å². The van der Waals surface area contributed by atoms with Gasteiger partial charge in [0.05, 0.1) is 26.4 Å². The molecule has 0 saturated carbocycles. The minimum Gasteiger partial charge on any atom is -0.457 e. The van der Waals surface area contributed by atoms with Crippen molar-refractivity contribution in [3.05, 3.63) is 48.6 Å². The molecule has 3 atom stereocenters. The van der Waals surface area contributed by atoms with Gasteiger partial charge in [0.25, 0.3) is 0 Å². The van der Waals surface area contributed by atoms with Crippen LogP contribution < -0.4 is 0 Å². The minimum absolute atomic E-state index is 0.139. The van der Waals surface area contributed by atoms with Crippen molar-refractivity contribution in [2.45, 2.75) is 174 Å². The highest BCUT2D eigenvalue weighted by molar-refractivity contribution is 7.47. The van der Waals surface area contributed by atoms with E-state index in [2.05, 4.69) is 62.5 Å². The summed E-state index contributed by atoms with van der Waals surface area (Å²) >= 11 is 0. The maximum atomic E-state index is 12.3. The fraction of sp³-hybridized carbons (Fsp3) is 0.756. The summed E-state index contributed by atoms with van der Waals surface area (Å²) in [6.45, 7) is 2.03. The largest absolute Gasteiger partial charge is 0.472 e. The van der Waals surface area contributed by atoms with Crippen LogP contribution in [0.4, 0.5) is 0 Å². The Morgan fingerprint density at radius 2 is 0.904 bits per heavy atom. The summed E-state index contributed by atoms with van der Waals surface area (Å²) in [5, 5.41) is 19.1. The Kier molecular flexibility index (Phi) is 35.8. The van der Waals surface area contributed by atoms with Crippen molar-refractivity contribution in [3.8, 4) is 0 Å². The molecule has 0 aromatic heterocycles. The highest BCUT2D eigenvalue weighted by Gasteiger charge is 2.27. The Hall–Kier alpha value is -2.07. The van der Waals surface area contributed by atoms with Gasteiger partial charge in [-0.05, 0) is 51.4 Å². The van der Waals surface area contributed by atoms with Crippen molar-refractivity contribution in [2.24, 2.45) is 0 Å². The van der Waals surface area contributed by atoms with Gasteiger partial charge in [0.1, 0.15) is 12.2 Å². The Balaban J connectivity index is 4.02. The van der Waals surface area contributed by atoms with Crippen molar-refractivity contribution in [1.82, 2.24) is 0 Å². The lowest BCUT2D eigenvalue weighted by Gasteiger charge is -2.20. The average molecular weight is 757 g/mol. The summed E-state index contributed by atoms with van der Waals surface area (Å²) in [4.78, 5) is 34.4. The van der Waals surface area contributed by atoms with Gasteiger partial charge >= 0.3 is 19.8 Å². The molecule has 0 heterocycles. The number of allylic oxidation sites excluding steroid dienone is 8. The summed E-state index contributed by atoms with van der Waals surface area (Å²) in [5.41, 5.74) is 0. The molecule has 0 aromatic carbocycles. The number of unbranched alkanes of at least 4 members (excludes halogenated alkanes) is 15. The molecule has 0 aromatic rings. The van der Waals surface area contributed by atoms with E-state index in [1.165, 1.54) is 64.2 Å². The number of aliphatic hydroxyl groups is 2. The van der Waals surface area contributed by atoms with Gasteiger partial charge in [-0.3, -0.25) is 18.6 Å². The van der Waals surface area contributed by atoms with Gasteiger partial charge in [0.2, 0.25) is 0 Å². The third kappa shape index (κ3) is 35.0. The molecule has 0 saturated heterocycles. The van der Waals surface area contributed by atoms with E-state index in [-0.39, 0.29) is 12.8 Å². The Morgan fingerprint density at radius 1 is 0.538 bits per heavy atom. The first-order valence-corrected chi connectivity index (χ1v) is 21.6. The molecular formula is C41H73O10P. The molecule has 0 aliphatic rings. The highest BCUT2D eigenvalue weighted by atomic mass is 31.2. The van der Waals surface area contributed by atoms with Crippen LogP contribution in [0.3, 0.4) is 0 Å². The smallest absolute Gasteiger partial charge is 0.457 e. The van der Waals surface area contributed by atoms with Crippen LogP contribution in [0.15, 0.2) is 48.6 Å². The molecule has 0 bridgehead atoms. The molecule has 0 amide bonds. The molecule has 3 unspecified atom stereocenters. The van der Waals surface area contributed by atoms with Gasteiger partial charge < -0.3 is 24.6 Å². The first kappa shape index (κ1) is 49.9.